The maximum atomic E-state index is 5.64. The van der Waals surface area contributed by atoms with Gasteiger partial charge in [0.25, 0.3) is 0 Å². The zero-order chi connectivity index (χ0) is 12.0. The average Bonchev–Trinajstić information content (AvgIpc) is 2.35. The van der Waals surface area contributed by atoms with Crippen LogP contribution in [0.3, 0.4) is 0 Å². The highest BCUT2D eigenvalue weighted by Gasteiger charge is 2.13. The molecule has 2 N–H and O–H groups in total. The minimum atomic E-state index is 0.538. The third-order valence-corrected chi connectivity index (χ3v) is 3.50. The van der Waals surface area contributed by atoms with Gasteiger partial charge in [0.2, 0.25) is 0 Å². The molecule has 0 aliphatic carbocycles. The molecule has 0 aliphatic rings. The van der Waals surface area contributed by atoms with Crippen LogP contribution in [0.5, 0.6) is 0 Å². The normalized spacial score (nSPS) is 12.5. The summed E-state index contributed by atoms with van der Waals surface area (Å²) in [4.78, 5) is 6.65. The molecule has 0 saturated carbocycles. The van der Waals surface area contributed by atoms with Gasteiger partial charge in [-0.1, -0.05) is 6.92 Å². The van der Waals surface area contributed by atoms with Crippen molar-refractivity contribution in [3.8, 4) is 0 Å². The Morgan fingerprint density at radius 2 is 2.31 bits per heavy atom. The van der Waals surface area contributed by atoms with Crippen molar-refractivity contribution in [1.29, 1.82) is 0 Å². The first-order chi connectivity index (χ1) is 7.72. The molecule has 0 amide bonds. The molecule has 0 fully saturated rings. The molecule has 0 bridgehead atoms. The summed E-state index contributed by atoms with van der Waals surface area (Å²) in [7, 11) is 2.10. The van der Waals surface area contributed by atoms with Gasteiger partial charge in [0.1, 0.15) is 5.82 Å². The number of anilines is 1. The summed E-state index contributed by atoms with van der Waals surface area (Å²) in [5.74, 6) is 2.14. The number of rotatable bonds is 6. The molecule has 0 saturated heterocycles. The zero-order valence-electron chi connectivity index (χ0n) is 10.3. The molecule has 1 unspecified atom stereocenters. The maximum Gasteiger partial charge on any atom is 0.128 e. The predicted octanol–water partition coefficient (Wildman–Crippen LogP) is 2.12. The Kier molecular flexibility index (Phi) is 5.63. The molecular weight excluding hydrogens is 218 g/mol. The lowest BCUT2D eigenvalue weighted by Gasteiger charge is -2.28. The number of hydrogen-bond donors (Lipinski definition) is 1. The van der Waals surface area contributed by atoms with Gasteiger partial charge in [-0.15, -0.1) is 0 Å². The van der Waals surface area contributed by atoms with E-state index in [0.29, 0.717) is 12.6 Å². The Morgan fingerprint density at radius 3 is 2.88 bits per heavy atom. The Morgan fingerprint density at radius 1 is 1.56 bits per heavy atom. The van der Waals surface area contributed by atoms with Crippen molar-refractivity contribution in [2.24, 2.45) is 5.73 Å². The molecule has 16 heavy (non-hydrogen) atoms. The molecule has 0 aliphatic heterocycles. The van der Waals surface area contributed by atoms with E-state index in [-0.39, 0.29) is 0 Å². The van der Waals surface area contributed by atoms with E-state index in [0.717, 1.165) is 23.6 Å². The van der Waals surface area contributed by atoms with Crippen molar-refractivity contribution in [2.75, 3.05) is 24.0 Å². The second kappa shape index (κ2) is 6.76. The Balaban J connectivity index is 2.80. The summed E-state index contributed by atoms with van der Waals surface area (Å²) in [6.07, 6.45) is 5.10. The number of nitrogens with zero attached hydrogens (tertiary/aromatic N) is 2. The summed E-state index contributed by atoms with van der Waals surface area (Å²) in [5, 5.41) is 0. The largest absolute Gasteiger partial charge is 0.356 e. The smallest absolute Gasteiger partial charge is 0.128 e. The minimum Gasteiger partial charge on any atom is -0.356 e. The summed E-state index contributed by atoms with van der Waals surface area (Å²) in [6.45, 7) is 2.78. The molecule has 90 valence electrons. The fourth-order valence-electron chi connectivity index (χ4n) is 1.66. The number of thioether (sulfide) groups is 1. The summed E-state index contributed by atoms with van der Waals surface area (Å²) >= 11 is 1.87. The number of hydrogen-bond acceptors (Lipinski definition) is 4. The standard InChI is InChI=1S/C12H21N3S/c1-4-11(9-16-3)15(2)12-7-10(8-13)5-6-14-12/h5-7,11H,4,8-9,13H2,1-3H3. The van der Waals surface area contributed by atoms with Gasteiger partial charge in [0, 0.05) is 31.6 Å². The highest BCUT2D eigenvalue weighted by atomic mass is 32.2. The van der Waals surface area contributed by atoms with Crippen LogP contribution in [0, 0.1) is 0 Å². The van der Waals surface area contributed by atoms with Crippen LogP contribution < -0.4 is 10.6 Å². The van der Waals surface area contributed by atoms with Crippen LogP contribution in [0.1, 0.15) is 18.9 Å². The van der Waals surface area contributed by atoms with Crippen LogP contribution in [0.15, 0.2) is 18.3 Å². The third kappa shape index (κ3) is 3.39. The topological polar surface area (TPSA) is 42.1 Å². The van der Waals surface area contributed by atoms with Gasteiger partial charge >= 0.3 is 0 Å². The molecule has 1 aromatic rings. The summed E-state index contributed by atoms with van der Waals surface area (Å²) in [5.41, 5.74) is 6.77. The highest BCUT2D eigenvalue weighted by molar-refractivity contribution is 7.98. The molecule has 0 radical (unpaired) electrons. The first kappa shape index (κ1) is 13.3. The lowest BCUT2D eigenvalue weighted by atomic mass is 10.2. The second-order valence-corrected chi connectivity index (χ2v) is 4.77. The Labute approximate surface area is 102 Å². The lowest BCUT2D eigenvalue weighted by molar-refractivity contribution is 0.665. The number of nitrogens with two attached hydrogens (primary N) is 1. The average molecular weight is 239 g/mol. The van der Waals surface area contributed by atoms with E-state index in [1.807, 2.05) is 24.0 Å². The van der Waals surface area contributed by atoms with Crippen LogP contribution in [0.25, 0.3) is 0 Å². The van der Waals surface area contributed by atoms with E-state index >= 15 is 0 Å². The fourth-order valence-corrected chi connectivity index (χ4v) is 2.51. The van der Waals surface area contributed by atoms with E-state index in [1.165, 1.54) is 0 Å². The van der Waals surface area contributed by atoms with Crippen molar-refractivity contribution in [3.05, 3.63) is 23.9 Å². The van der Waals surface area contributed by atoms with Crippen molar-refractivity contribution in [2.45, 2.75) is 25.9 Å². The highest BCUT2D eigenvalue weighted by Crippen LogP contribution is 2.17. The number of pyridine rings is 1. The van der Waals surface area contributed by atoms with Crippen LogP contribution in [-0.4, -0.2) is 30.1 Å². The first-order valence-corrected chi connectivity index (χ1v) is 6.99. The quantitative estimate of drug-likeness (QED) is 0.825. The van der Waals surface area contributed by atoms with Gasteiger partial charge in [-0.3, -0.25) is 0 Å². The van der Waals surface area contributed by atoms with E-state index in [2.05, 4.69) is 36.2 Å². The molecule has 3 nitrogen and oxygen atoms in total. The third-order valence-electron chi connectivity index (χ3n) is 2.79. The Hall–Kier alpha value is -0.740. The maximum absolute atomic E-state index is 5.64. The second-order valence-electron chi connectivity index (χ2n) is 3.85. The van der Waals surface area contributed by atoms with Gasteiger partial charge in [-0.25, -0.2) is 4.98 Å². The summed E-state index contributed by atoms with van der Waals surface area (Å²) < 4.78 is 0. The molecule has 4 heteroatoms. The molecule has 0 spiro atoms. The van der Waals surface area contributed by atoms with Crippen LogP contribution in [0.4, 0.5) is 5.82 Å². The Bertz CT molecular complexity index is 317. The van der Waals surface area contributed by atoms with Crippen molar-refractivity contribution >= 4 is 17.6 Å². The first-order valence-electron chi connectivity index (χ1n) is 5.59. The molecular formula is C12H21N3S. The molecule has 1 heterocycles. The van der Waals surface area contributed by atoms with Crippen LogP contribution >= 0.6 is 11.8 Å². The minimum absolute atomic E-state index is 0.538. The van der Waals surface area contributed by atoms with Gasteiger partial charge in [0.15, 0.2) is 0 Å². The zero-order valence-corrected chi connectivity index (χ0v) is 11.1. The van der Waals surface area contributed by atoms with Gasteiger partial charge in [-0.2, -0.15) is 11.8 Å². The van der Waals surface area contributed by atoms with Gasteiger partial charge in [0.05, 0.1) is 0 Å². The summed E-state index contributed by atoms with van der Waals surface area (Å²) in [6, 6.07) is 4.58. The van der Waals surface area contributed by atoms with Crippen LogP contribution in [-0.2, 0) is 6.54 Å². The SMILES string of the molecule is CCC(CSC)N(C)c1cc(CN)ccn1. The van der Waals surface area contributed by atoms with Gasteiger partial charge < -0.3 is 10.6 Å². The van der Waals surface area contributed by atoms with Crippen molar-refractivity contribution in [3.63, 3.8) is 0 Å². The molecule has 1 aromatic heterocycles. The van der Waals surface area contributed by atoms with E-state index in [1.54, 1.807) is 0 Å². The molecule has 1 atom stereocenters. The van der Waals surface area contributed by atoms with E-state index in [9.17, 15) is 0 Å². The number of aromatic nitrogens is 1. The van der Waals surface area contributed by atoms with E-state index < -0.39 is 0 Å². The monoisotopic (exact) mass is 239 g/mol. The molecule has 1 rings (SSSR count). The van der Waals surface area contributed by atoms with Crippen LogP contribution in [0.2, 0.25) is 0 Å². The van der Waals surface area contributed by atoms with Crippen molar-refractivity contribution in [1.82, 2.24) is 4.98 Å². The van der Waals surface area contributed by atoms with Gasteiger partial charge in [-0.05, 0) is 30.4 Å². The van der Waals surface area contributed by atoms with Crippen molar-refractivity contribution < 1.29 is 0 Å². The molecule has 0 aromatic carbocycles. The van der Waals surface area contributed by atoms with E-state index in [4.69, 9.17) is 5.73 Å². The lowest BCUT2D eigenvalue weighted by Crippen LogP contribution is -2.33. The predicted molar refractivity (Wildman–Crippen MR) is 73.0 cm³/mol. The fraction of sp³-hybridized carbons (Fsp3) is 0.583.